The van der Waals surface area contributed by atoms with Gasteiger partial charge in [0.2, 0.25) is 0 Å². The van der Waals surface area contributed by atoms with E-state index in [0.29, 0.717) is 0 Å². The molecule has 0 N–H and O–H groups in total. The Morgan fingerprint density at radius 1 is 1.28 bits per heavy atom. The van der Waals surface area contributed by atoms with E-state index in [4.69, 9.17) is 9.47 Å². The van der Waals surface area contributed by atoms with E-state index < -0.39 is 17.6 Å². The zero-order valence-corrected chi connectivity index (χ0v) is 9.70. The topological polar surface area (TPSA) is 61.8 Å². The first-order valence-electron chi connectivity index (χ1n) is 5.44. The predicted octanol–water partition coefficient (Wildman–Crippen LogP) is 1.34. The molecule has 96 valence electrons. The van der Waals surface area contributed by atoms with Gasteiger partial charge in [-0.2, -0.15) is 0 Å². The molecule has 1 aromatic rings. The average molecular weight is 254 g/mol. The number of esters is 1. The Hall–Kier alpha value is -2.11. The van der Waals surface area contributed by atoms with Crippen molar-refractivity contribution < 1.29 is 28.2 Å². The van der Waals surface area contributed by atoms with Crippen LogP contribution in [0.1, 0.15) is 17.3 Å². The van der Waals surface area contributed by atoms with Crippen molar-refractivity contribution in [2.24, 2.45) is 0 Å². The number of ether oxygens (including phenoxy) is 3. The summed E-state index contributed by atoms with van der Waals surface area (Å²) in [5.41, 5.74) is -0.0513. The summed E-state index contributed by atoms with van der Waals surface area (Å²) in [6.07, 6.45) is 0. The van der Waals surface area contributed by atoms with Crippen molar-refractivity contribution in [2.45, 2.75) is 6.92 Å². The van der Waals surface area contributed by atoms with E-state index in [1.807, 2.05) is 0 Å². The number of carbonyl (C=O) groups excluding carboxylic acids is 2. The van der Waals surface area contributed by atoms with Crippen molar-refractivity contribution >= 4 is 11.8 Å². The predicted molar refractivity (Wildman–Crippen MR) is 58.4 cm³/mol. The second-order valence-corrected chi connectivity index (χ2v) is 3.50. The highest BCUT2D eigenvalue weighted by Gasteiger charge is 2.28. The summed E-state index contributed by atoms with van der Waals surface area (Å²) in [5.74, 6) is -2.69. The SMILES string of the molecule is CCOC(=O)C(=O)c1ccc(F)c2c1OCCO2. The minimum Gasteiger partial charge on any atom is -0.485 e. The third-order valence-corrected chi connectivity index (χ3v) is 2.35. The number of ketones is 1. The van der Waals surface area contributed by atoms with E-state index in [9.17, 15) is 14.0 Å². The van der Waals surface area contributed by atoms with Crippen LogP contribution in [0.3, 0.4) is 0 Å². The molecule has 1 aliphatic rings. The molecule has 0 saturated carbocycles. The van der Waals surface area contributed by atoms with E-state index in [0.717, 1.165) is 6.07 Å². The number of benzene rings is 1. The smallest absolute Gasteiger partial charge is 0.379 e. The van der Waals surface area contributed by atoms with Gasteiger partial charge in [-0.05, 0) is 19.1 Å². The van der Waals surface area contributed by atoms with Crippen LogP contribution < -0.4 is 9.47 Å². The van der Waals surface area contributed by atoms with E-state index >= 15 is 0 Å². The van der Waals surface area contributed by atoms with Crippen molar-refractivity contribution in [1.29, 1.82) is 0 Å². The minimum atomic E-state index is -1.000. The van der Waals surface area contributed by atoms with Gasteiger partial charge in [-0.25, -0.2) is 9.18 Å². The van der Waals surface area contributed by atoms with Crippen molar-refractivity contribution in [3.63, 3.8) is 0 Å². The van der Waals surface area contributed by atoms with E-state index in [1.165, 1.54) is 6.07 Å². The van der Waals surface area contributed by atoms with Gasteiger partial charge >= 0.3 is 5.97 Å². The van der Waals surface area contributed by atoms with Gasteiger partial charge in [0, 0.05) is 0 Å². The number of rotatable bonds is 3. The van der Waals surface area contributed by atoms with Gasteiger partial charge in [0.25, 0.3) is 5.78 Å². The third kappa shape index (κ3) is 2.13. The number of fused-ring (bicyclic) bond motifs is 1. The van der Waals surface area contributed by atoms with Gasteiger partial charge in [0.05, 0.1) is 12.2 Å². The first-order chi connectivity index (χ1) is 8.65. The lowest BCUT2D eigenvalue weighted by Crippen LogP contribution is -2.22. The van der Waals surface area contributed by atoms with Gasteiger partial charge in [-0.15, -0.1) is 0 Å². The number of hydrogen-bond donors (Lipinski definition) is 0. The van der Waals surface area contributed by atoms with Crippen molar-refractivity contribution in [3.8, 4) is 11.5 Å². The second-order valence-electron chi connectivity index (χ2n) is 3.50. The van der Waals surface area contributed by atoms with Gasteiger partial charge < -0.3 is 14.2 Å². The van der Waals surface area contributed by atoms with Gasteiger partial charge in [0.1, 0.15) is 13.2 Å². The second kappa shape index (κ2) is 5.03. The fraction of sp³-hybridized carbons (Fsp3) is 0.333. The zero-order chi connectivity index (χ0) is 13.1. The maximum atomic E-state index is 13.4. The fourth-order valence-electron chi connectivity index (χ4n) is 1.59. The van der Waals surface area contributed by atoms with E-state index in [1.54, 1.807) is 6.92 Å². The molecule has 18 heavy (non-hydrogen) atoms. The first-order valence-corrected chi connectivity index (χ1v) is 5.44. The molecule has 0 saturated heterocycles. The molecule has 0 fully saturated rings. The van der Waals surface area contributed by atoms with Crippen molar-refractivity contribution in [2.75, 3.05) is 19.8 Å². The van der Waals surface area contributed by atoms with Crippen LogP contribution in [0.2, 0.25) is 0 Å². The molecular weight excluding hydrogens is 243 g/mol. The molecular formula is C12H11FO5. The summed E-state index contributed by atoms with van der Waals surface area (Å²) < 4.78 is 28.3. The molecule has 0 atom stereocenters. The lowest BCUT2D eigenvalue weighted by molar-refractivity contribution is -0.137. The van der Waals surface area contributed by atoms with Gasteiger partial charge in [0.15, 0.2) is 17.3 Å². The summed E-state index contributed by atoms with van der Waals surface area (Å²) in [6, 6.07) is 2.24. The molecule has 0 aliphatic carbocycles. The van der Waals surface area contributed by atoms with Crippen LogP contribution in [0, 0.1) is 5.82 Å². The number of Topliss-reactive ketones (excluding diaryl/α,β-unsaturated/α-hetero) is 1. The third-order valence-electron chi connectivity index (χ3n) is 2.35. The summed E-state index contributed by atoms with van der Waals surface area (Å²) in [7, 11) is 0. The highest BCUT2D eigenvalue weighted by atomic mass is 19.1. The van der Waals surface area contributed by atoms with Crippen molar-refractivity contribution in [3.05, 3.63) is 23.5 Å². The Morgan fingerprint density at radius 3 is 2.61 bits per heavy atom. The highest BCUT2D eigenvalue weighted by molar-refractivity contribution is 6.41. The molecule has 0 aromatic heterocycles. The summed E-state index contributed by atoms with van der Waals surface area (Å²) in [4.78, 5) is 23.1. The van der Waals surface area contributed by atoms with Gasteiger partial charge in [-0.3, -0.25) is 4.79 Å². The molecule has 6 heteroatoms. The molecule has 0 unspecified atom stereocenters. The number of carbonyl (C=O) groups is 2. The maximum Gasteiger partial charge on any atom is 0.379 e. The van der Waals surface area contributed by atoms with Crippen LogP contribution >= 0.6 is 0 Å². The Kier molecular flexibility index (Phi) is 3.45. The quantitative estimate of drug-likeness (QED) is 0.463. The highest BCUT2D eigenvalue weighted by Crippen LogP contribution is 2.36. The maximum absolute atomic E-state index is 13.4. The molecule has 0 spiro atoms. The molecule has 2 rings (SSSR count). The number of halogens is 1. The largest absolute Gasteiger partial charge is 0.485 e. The molecule has 0 amide bonds. The number of hydrogen-bond acceptors (Lipinski definition) is 5. The Balaban J connectivity index is 2.39. The lowest BCUT2D eigenvalue weighted by Gasteiger charge is -2.20. The van der Waals surface area contributed by atoms with E-state index in [2.05, 4.69) is 4.74 Å². The molecule has 1 heterocycles. The van der Waals surface area contributed by atoms with Crippen LogP contribution in [-0.4, -0.2) is 31.6 Å². The standard InChI is InChI=1S/C12H11FO5/c1-2-16-12(15)9(14)7-3-4-8(13)11-10(7)17-5-6-18-11/h3-4H,2,5-6H2,1H3. The monoisotopic (exact) mass is 254 g/mol. The van der Waals surface area contributed by atoms with Crippen LogP contribution in [0.25, 0.3) is 0 Å². The van der Waals surface area contributed by atoms with Crippen LogP contribution in [0.5, 0.6) is 11.5 Å². The fourth-order valence-corrected chi connectivity index (χ4v) is 1.59. The van der Waals surface area contributed by atoms with E-state index in [-0.39, 0.29) is 36.9 Å². The van der Waals surface area contributed by atoms with Crippen molar-refractivity contribution in [1.82, 2.24) is 0 Å². The van der Waals surface area contributed by atoms with Gasteiger partial charge in [-0.1, -0.05) is 0 Å². The first kappa shape index (κ1) is 12.3. The van der Waals surface area contributed by atoms with Crippen LogP contribution in [-0.2, 0) is 9.53 Å². The normalized spacial score (nSPS) is 13.0. The Bertz CT molecular complexity index is 497. The minimum absolute atomic E-state index is 0.0423. The molecule has 0 bridgehead atoms. The average Bonchev–Trinajstić information content (AvgIpc) is 2.39. The van der Waals surface area contributed by atoms with Crippen LogP contribution in [0.15, 0.2) is 12.1 Å². The summed E-state index contributed by atoms with van der Waals surface area (Å²) in [5, 5.41) is 0. The molecule has 1 aliphatic heterocycles. The Morgan fingerprint density at radius 2 is 1.94 bits per heavy atom. The molecule has 5 nitrogen and oxygen atoms in total. The Labute approximate surface area is 102 Å². The summed E-state index contributed by atoms with van der Waals surface area (Å²) >= 11 is 0. The zero-order valence-electron chi connectivity index (χ0n) is 9.70. The molecule has 0 radical (unpaired) electrons. The molecule has 1 aromatic carbocycles. The summed E-state index contributed by atoms with van der Waals surface area (Å²) in [6.45, 7) is 2.07. The van der Waals surface area contributed by atoms with Crippen LogP contribution in [0.4, 0.5) is 4.39 Å². The lowest BCUT2D eigenvalue weighted by atomic mass is 10.1.